The second kappa shape index (κ2) is 121. The van der Waals surface area contributed by atoms with E-state index >= 15 is 0 Å². The van der Waals surface area contributed by atoms with Gasteiger partial charge in [0.1, 0.15) is 0 Å². The van der Waals surface area contributed by atoms with Gasteiger partial charge in [-0.25, -0.2) is 0 Å². The Morgan fingerprint density at radius 2 is 0.444 bits per heavy atom. The zero-order chi connectivity index (χ0) is 0. The molecule has 9 heavy (non-hydrogen) atoms. The van der Waals surface area contributed by atoms with Crippen LogP contribution in [0.5, 0.6) is 0 Å². The van der Waals surface area contributed by atoms with Crippen LogP contribution in [0.3, 0.4) is 0 Å². The molecule has 0 heterocycles. The Hall–Kier alpha value is 3.03. The molecule has 0 nitrogen and oxygen atoms in total. The van der Waals surface area contributed by atoms with Crippen LogP contribution in [0.25, 0.3) is 0 Å². The summed E-state index contributed by atoms with van der Waals surface area (Å²) in [6.07, 6.45) is 0. The molecule has 0 unspecified atom stereocenters. The summed E-state index contributed by atoms with van der Waals surface area (Å²) in [7, 11) is 0. The second-order valence-corrected chi connectivity index (χ2v) is 0. The molecule has 0 saturated carbocycles. The van der Waals surface area contributed by atoms with Crippen LogP contribution in [0.2, 0.25) is 0 Å². The molecule has 0 saturated heterocycles. The van der Waals surface area contributed by atoms with Crippen LogP contribution in [0.4, 0.5) is 0 Å². The Bertz CT molecular complexity index is 13.0. The Morgan fingerprint density at radius 1 is 0.444 bits per heavy atom. The fourth-order valence-corrected chi connectivity index (χ4v) is 0. The predicted octanol–water partition coefficient (Wildman–Crippen LogP) is -21.4. The summed E-state index contributed by atoms with van der Waals surface area (Å²) in [5, 5.41) is 0. The molecule has 0 bridgehead atoms. The molecule has 0 aliphatic rings. The molecular formula is CeF6LiSr. The van der Waals surface area contributed by atoms with Gasteiger partial charge in [-0.1, -0.05) is 0 Å². The Labute approximate surface area is 131 Å². The number of hydrogen-bond acceptors (Lipinski definition) is 0. The van der Waals surface area contributed by atoms with Crippen LogP contribution in [0, 0.1) is 41.7 Å². The molecule has 0 aromatic heterocycles. The summed E-state index contributed by atoms with van der Waals surface area (Å²) in [4.78, 5) is 0. The molecule has 0 N–H and O–H groups in total. The van der Waals surface area contributed by atoms with E-state index in [0.717, 1.165) is 0 Å². The van der Waals surface area contributed by atoms with Gasteiger partial charge in [-0.3, -0.25) is 0 Å². The van der Waals surface area contributed by atoms with E-state index in [9.17, 15) is 0 Å². The van der Waals surface area contributed by atoms with E-state index in [2.05, 4.69) is 0 Å². The van der Waals surface area contributed by atoms with E-state index in [-0.39, 0.29) is 134 Å². The third kappa shape index (κ3) is 97.8. The van der Waals surface area contributed by atoms with Gasteiger partial charge in [-0.15, -0.1) is 0 Å². The summed E-state index contributed by atoms with van der Waals surface area (Å²) in [6.45, 7) is 0. The minimum absolute atomic E-state index is 0. The van der Waals surface area contributed by atoms with Crippen molar-refractivity contribution in [2.75, 3.05) is 0 Å². The molecule has 0 fully saturated rings. The average Bonchev–Trinajstić information content (AvgIpc) is 0. The number of hydrogen-bond donors (Lipinski definition) is 0. The van der Waals surface area contributed by atoms with Gasteiger partial charge in [-0.2, -0.15) is 0 Å². The number of halogens is 6. The topological polar surface area (TPSA) is 0 Å². The maximum Gasteiger partial charge on any atom is 3.00 e. The first-order valence-corrected chi connectivity index (χ1v) is 0. The van der Waals surface area contributed by atoms with E-state index in [1.54, 1.807) is 0 Å². The molecular weight excluding hydrogens is 349 g/mol. The van der Waals surface area contributed by atoms with Crippen LogP contribution in [-0.4, -0.2) is 45.5 Å². The monoisotopic (exact) mass is 349 g/mol. The van der Waals surface area contributed by atoms with Gasteiger partial charge in [0.25, 0.3) is 0 Å². The molecule has 0 atom stereocenters. The summed E-state index contributed by atoms with van der Waals surface area (Å²) in [6, 6.07) is 0. The standard InChI is InChI=1S/Ce.6FH.Li.Sr/h;6*1H;;/q+3;;;;;;;+1;+2/p-6. The van der Waals surface area contributed by atoms with Crippen LogP contribution in [0.1, 0.15) is 0 Å². The van der Waals surface area contributed by atoms with Gasteiger partial charge in [0, 0.05) is 0 Å². The van der Waals surface area contributed by atoms with Crippen molar-refractivity contribution in [3.63, 3.8) is 0 Å². The van der Waals surface area contributed by atoms with Crippen molar-refractivity contribution in [3.8, 4) is 0 Å². The van der Waals surface area contributed by atoms with Crippen molar-refractivity contribution in [1.82, 2.24) is 0 Å². The van der Waals surface area contributed by atoms with Gasteiger partial charge in [0.2, 0.25) is 0 Å². The van der Waals surface area contributed by atoms with E-state index in [0.29, 0.717) is 0 Å². The van der Waals surface area contributed by atoms with Crippen molar-refractivity contribution in [3.05, 3.63) is 0 Å². The third-order valence-electron chi connectivity index (χ3n) is 0. The molecule has 0 aliphatic heterocycles. The van der Waals surface area contributed by atoms with E-state index in [1.165, 1.54) is 0 Å². The summed E-state index contributed by atoms with van der Waals surface area (Å²) < 4.78 is 0. The molecule has 9 heteroatoms. The van der Waals surface area contributed by atoms with Crippen LogP contribution in [0.15, 0.2) is 0 Å². The molecule has 0 rings (SSSR count). The molecule has 0 aromatic rings. The van der Waals surface area contributed by atoms with Gasteiger partial charge < -0.3 is 28.2 Å². The third-order valence-corrected chi connectivity index (χ3v) is 0. The fraction of sp³-hybridized carbons (Fsp3) is 0. The zero-order valence-electron chi connectivity index (χ0n) is 4.47. The van der Waals surface area contributed by atoms with Crippen LogP contribution < -0.4 is 47.1 Å². The molecule has 0 amide bonds. The maximum atomic E-state index is 0. The Balaban J connectivity index is 0. The summed E-state index contributed by atoms with van der Waals surface area (Å²) in [5.74, 6) is 0. The van der Waals surface area contributed by atoms with E-state index < -0.39 is 0 Å². The first kappa shape index (κ1) is 159. The largest absolute Gasteiger partial charge is 3.00 e. The summed E-state index contributed by atoms with van der Waals surface area (Å²) >= 11 is 0. The maximum absolute atomic E-state index is 0. The van der Waals surface area contributed by atoms with Crippen molar-refractivity contribution in [2.45, 2.75) is 0 Å². The zero-order valence-corrected chi connectivity index (χ0v) is 11.1. The van der Waals surface area contributed by atoms with Crippen molar-refractivity contribution < 1.29 is 88.8 Å². The SMILES string of the molecule is [Ce+3].[F-].[F-].[F-].[F-].[F-].[F-].[Li+].[Sr+2]. The average molecular weight is 349 g/mol. The van der Waals surface area contributed by atoms with Crippen LogP contribution >= 0.6 is 0 Å². The van der Waals surface area contributed by atoms with Crippen molar-refractivity contribution >= 4 is 45.5 Å². The number of rotatable bonds is 0. The normalized spacial score (nSPS) is 0. The van der Waals surface area contributed by atoms with E-state index in [4.69, 9.17) is 0 Å². The molecule has 1 radical (unpaired) electrons. The minimum atomic E-state index is 0. The van der Waals surface area contributed by atoms with Crippen molar-refractivity contribution in [2.24, 2.45) is 0 Å². The van der Waals surface area contributed by atoms with E-state index in [1.807, 2.05) is 0 Å². The van der Waals surface area contributed by atoms with Gasteiger partial charge in [0.05, 0.1) is 0 Å². The smallest absolute Gasteiger partial charge is 1.00 e. The molecule has 0 spiro atoms. The second-order valence-electron chi connectivity index (χ2n) is 0. The Morgan fingerprint density at radius 3 is 0.444 bits per heavy atom. The van der Waals surface area contributed by atoms with Gasteiger partial charge in [-0.05, 0) is 0 Å². The minimum Gasteiger partial charge on any atom is -1.00 e. The van der Waals surface area contributed by atoms with Crippen molar-refractivity contribution in [1.29, 1.82) is 0 Å². The molecule has 0 aliphatic carbocycles. The Kier molecular flexibility index (Phi) is 2130. The molecule has 0 aromatic carbocycles. The first-order chi connectivity index (χ1) is 0. The van der Waals surface area contributed by atoms with Gasteiger partial charge >= 0.3 is 106 Å². The van der Waals surface area contributed by atoms with Gasteiger partial charge in [0.15, 0.2) is 0 Å². The quantitative estimate of drug-likeness (QED) is 0.301. The molecule has 49 valence electrons. The summed E-state index contributed by atoms with van der Waals surface area (Å²) in [5.41, 5.74) is 0. The predicted molar refractivity (Wildman–Crippen MR) is 5.75 cm³/mol. The van der Waals surface area contributed by atoms with Crippen LogP contribution in [-0.2, 0) is 0 Å². The fourth-order valence-electron chi connectivity index (χ4n) is 0. The first-order valence-electron chi connectivity index (χ1n) is 0.